The molecule has 0 radical (unpaired) electrons. The van der Waals surface area contributed by atoms with Gasteiger partial charge in [-0.05, 0) is 31.5 Å². The van der Waals surface area contributed by atoms with Gasteiger partial charge in [0, 0.05) is 18.7 Å². The zero-order chi connectivity index (χ0) is 20.1. The second kappa shape index (κ2) is 6.33. The molecule has 11 heteroatoms. The Morgan fingerprint density at radius 2 is 2.04 bits per heavy atom. The lowest BCUT2D eigenvalue weighted by atomic mass is 10.0. The van der Waals surface area contributed by atoms with Gasteiger partial charge in [0.25, 0.3) is 0 Å². The summed E-state index contributed by atoms with van der Waals surface area (Å²) in [6, 6.07) is 4.82. The van der Waals surface area contributed by atoms with Crippen molar-refractivity contribution < 1.29 is 13.5 Å². The summed E-state index contributed by atoms with van der Waals surface area (Å²) in [7, 11) is -3.71. The second-order valence-electron chi connectivity index (χ2n) is 7.05. The zero-order valence-electron chi connectivity index (χ0n) is 15.3. The third kappa shape index (κ3) is 3.13. The molecule has 10 nitrogen and oxygen atoms in total. The van der Waals surface area contributed by atoms with Gasteiger partial charge in [0.15, 0.2) is 11.6 Å². The molecule has 146 valence electrons. The van der Waals surface area contributed by atoms with Crippen LogP contribution in [-0.2, 0) is 10.0 Å². The molecule has 1 saturated heterocycles. The predicted molar refractivity (Wildman–Crippen MR) is 101 cm³/mol. The van der Waals surface area contributed by atoms with E-state index in [0.29, 0.717) is 17.1 Å². The van der Waals surface area contributed by atoms with Gasteiger partial charge >= 0.3 is 0 Å². The predicted octanol–water partition coefficient (Wildman–Crippen LogP) is 0.370. The van der Waals surface area contributed by atoms with E-state index < -0.39 is 15.6 Å². The van der Waals surface area contributed by atoms with Gasteiger partial charge in [-0.15, -0.1) is 0 Å². The van der Waals surface area contributed by atoms with Crippen molar-refractivity contribution >= 4 is 15.8 Å². The normalized spacial score (nSPS) is 16.7. The minimum Gasteiger partial charge on any atom is -0.387 e. The first kappa shape index (κ1) is 18.5. The fourth-order valence-corrected chi connectivity index (χ4v) is 4.78. The number of benzene rings is 1. The van der Waals surface area contributed by atoms with Crippen LogP contribution in [0.2, 0.25) is 0 Å². The monoisotopic (exact) mass is 401 g/mol. The van der Waals surface area contributed by atoms with Gasteiger partial charge in [-0.25, -0.2) is 23.4 Å². The number of sulfonamides is 1. The molecule has 4 rings (SSSR count). The summed E-state index contributed by atoms with van der Waals surface area (Å²) in [5, 5.41) is 13.9. The van der Waals surface area contributed by atoms with E-state index in [1.54, 1.807) is 25.1 Å². The number of aromatic nitrogens is 5. The minimum atomic E-state index is -3.71. The maximum Gasteiger partial charge on any atom is 0.243 e. The molecular weight excluding hydrogens is 382 g/mol. The lowest BCUT2D eigenvalue weighted by Gasteiger charge is -2.42. The van der Waals surface area contributed by atoms with Crippen molar-refractivity contribution in [1.82, 2.24) is 29.0 Å². The number of hydrogen-bond acceptors (Lipinski definition) is 8. The molecule has 0 unspecified atom stereocenters. The number of nitrogens with two attached hydrogens (primary N) is 1. The highest BCUT2D eigenvalue weighted by atomic mass is 32.2. The van der Waals surface area contributed by atoms with Crippen LogP contribution in [0.15, 0.2) is 41.9 Å². The lowest BCUT2D eigenvalue weighted by Crippen LogP contribution is -2.61. The molecular formula is C17H19N7O3S. The van der Waals surface area contributed by atoms with E-state index in [2.05, 4.69) is 20.1 Å². The van der Waals surface area contributed by atoms with Crippen LogP contribution in [0.25, 0.3) is 17.1 Å². The average molecular weight is 401 g/mol. The van der Waals surface area contributed by atoms with Crippen LogP contribution in [0, 0.1) is 6.92 Å². The Morgan fingerprint density at radius 1 is 1.29 bits per heavy atom. The maximum absolute atomic E-state index is 12.8. The van der Waals surface area contributed by atoms with Gasteiger partial charge in [0.2, 0.25) is 10.0 Å². The molecule has 1 aromatic carbocycles. The number of aryl methyl sites for hydroxylation is 1. The molecule has 3 heterocycles. The standard InChI is InChI=1S/C17H19N7O3S/c1-11-3-4-12(28(26,27)23-7-17(2,25)8-23)5-13(11)14-6-20-15(18)16(22-14)24-10-19-9-21-24/h3-6,9-10,25H,7-8H2,1-2H3,(H2,18,20). The van der Waals surface area contributed by atoms with E-state index >= 15 is 0 Å². The Labute approximate surface area is 161 Å². The molecule has 1 aliphatic heterocycles. The minimum absolute atomic E-state index is 0.0661. The Kier molecular flexibility index (Phi) is 4.17. The highest BCUT2D eigenvalue weighted by Gasteiger charge is 2.44. The number of β-amino-alcohol motifs (C(OH)–C–C–N with tert-alkyl or cyclic N) is 1. The van der Waals surface area contributed by atoms with Crippen LogP contribution >= 0.6 is 0 Å². The Hall–Kier alpha value is -2.89. The van der Waals surface area contributed by atoms with E-state index in [-0.39, 0.29) is 23.8 Å². The summed E-state index contributed by atoms with van der Waals surface area (Å²) in [4.78, 5) is 12.7. The number of hydrogen-bond donors (Lipinski definition) is 2. The number of rotatable bonds is 4. The third-order valence-corrected chi connectivity index (χ3v) is 6.36. The molecule has 1 aliphatic rings. The zero-order valence-corrected chi connectivity index (χ0v) is 16.1. The van der Waals surface area contributed by atoms with Crippen LogP contribution < -0.4 is 5.73 Å². The first-order valence-electron chi connectivity index (χ1n) is 8.48. The molecule has 0 bridgehead atoms. The van der Waals surface area contributed by atoms with Crippen LogP contribution in [0.4, 0.5) is 5.82 Å². The number of aliphatic hydroxyl groups is 1. The van der Waals surface area contributed by atoms with Crippen LogP contribution in [0.5, 0.6) is 0 Å². The topological polar surface area (TPSA) is 140 Å². The highest BCUT2D eigenvalue weighted by molar-refractivity contribution is 7.89. The SMILES string of the molecule is Cc1ccc(S(=O)(=O)N2CC(C)(O)C2)cc1-c1cnc(N)c(-n2cncn2)n1. The molecule has 0 aliphatic carbocycles. The largest absolute Gasteiger partial charge is 0.387 e. The third-order valence-electron chi connectivity index (χ3n) is 4.57. The van der Waals surface area contributed by atoms with E-state index in [0.717, 1.165) is 5.56 Å². The van der Waals surface area contributed by atoms with Gasteiger partial charge in [-0.2, -0.15) is 14.1 Å². The maximum atomic E-state index is 12.8. The molecule has 2 aromatic heterocycles. The van der Waals surface area contributed by atoms with Crippen LogP contribution in [-0.4, -0.2) is 61.3 Å². The molecule has 3 aromatic rings. The van der Waals surface area contributed by atoms with Crippen molar-refractivity contribution in [1.29, 1.82) is 0 Å². The molecule has 1 fully saturated rings. The summed E-state index contributed by atoms with van der Waals surface area (Å²) in [6.07, 6.45) is 4.30. The van der Waals surface area contributed by atoms with Crippen molar-refractivity contribution in [3.05, 3.63) is 42.6 Å². The highest BCUT2D eigenvalue weighted by Crippen LogP contribution is 2.31. The van der Waals surface area contributed by atoms with E-state index in [9.17, 15) is 13.5 Å². The van der Waals surface area contributed by atoms with Crippen molar-refractivity contribution in [2.24, 2.45) is 0 Å². The van der Waals surface area contributed by atoms with Gasteiger partial charge in [0.1, 0.15) is 12.7 Å². The Bertz CT molecular complexity index is 1140. The summed E-state index contributed by atoms with van der Waals surface area (Å²) >= 11 is 0. The number of nitrogen functional groups attached to an aromatic ring is 1. The van der Waals surface area contributed by atoms with E-state index in [4.69, 9.17) is 5.73 Å². The average Bonchev–Trinajstić information content (AvgIpc) is 3.15. The number of nitrogens with zero attached hydrogens (tertiary/aromatic N) is 6. The summed E-state index contributed by atoms with van der Waals surface area (Å²) in [5.41, 5.74) is 6.82. The Morgan fingerprint density at radius 3 is 2.68 bits per heavy atom. The Balaban J connectivity index is 1.76. The molecule has 0 spiro atoms. The summed E-state index contributed by atoms with van der Waals surface area (Å²) in [5.74, 6) is 0.486. The molecule has 0 saturated carbocycles. The summed E-state index contributed by atoms with van der Waals surface area (Å²) < 4.78 is 28.3. The molecule has 0 amide bonds. The molecule has 28 heavy (non-hydrogen) atoms. The van der Waals surface area contributed by atoms with Crippen molar-refractivity contribution in [2.75, 3.05) is 18.8 Å². The fourth-order valence-electron chi connectivity index (χ4n) is 3.07. The van der Waals surface area contributed by atoms with Gasteiger partial charge in [0.05, 0.1) is 22.4 Å². The lowest BCUT2D eigenvalue weighted by molar-refractivity contribution is -0.0426. The van der Waals surface area contributed by atoms with E-state index in [1.165, 1.54) is 27.8 Å². The summed E-state index contributed by atoms with van der Waals surface area (Å²) in [6.45, 7) is 3.59. The first-order chi connectivity index (χ1) is 13.2. The number of anilines is 1. The molecule has 3 N–H and O–H groups in total. The van der Waals surface area contributed by atoms with Crippen molar-refractivity contribution in [3.8, 4) is 17.1 Å². The quantitative estimate of drug-likeness (QED) is 0.639. The van der Waals surface area contributed by atoms with E-state index in [1.807, 2.05) is 6.92 Å². The van der Waals surface area contributed by atoms with Gasteiger partial charge in [-0.3, -0.25) is 0 Å². The van der Waals surface area contributed by atoms with Crippen LogP contribution in [0.3, 0.4) is 0 Å². The smallest absolute Gasteiger partial charge is 0.243 e. The van der Waals surface area contributed by atoms with Crippen molar-refractivity contribution in [3.63, 3.8) is 0 Å². The van der Waals surface area contributed by atoms with Crippen molar-refractivity contribution in [2.45, 2.75) is 24.3 Å². The first-order valence-corrected chi connectivity index (χ1v) is 9.92. The second-order valence-corrected chi connectivity index (χ2v) is 8.99. The molecule has 0 atom stereocenters. The van der Waals surface area contributed by atoms with Gasteiger partial charge < -0.3 is 10.8 Å². The van der Waals surface area contributed by atoms with Gasteiger partial charge in [-0.1, -0.05) is 6.07 Å². The van der Waals surface area contributed by atoms with Crippen LogP contribution in [0.1, 0.15) is 12.5 Å². The fraction of sp³-hybridized carbons (Fsp3) is 0.294.